The summed E-state index contributed by atoms with van der Waals surface area (Å²) >= 11 is 1.92. The summed E-state index contributed by atoms with van der Waals surface area (Å²) in [6.07, 6.45) is -0.714. The molecule has 0 bridgehead atoms. The predicted molar refractivity (Wildman–Crippen MR) is 181 cm³/mol. The van der Waals surface area contributed by atoms with E-state index in [1.807, 2.05) is 78.4 Å². The molecule has 2 rings (SSSR count). The highest BCUT2D eigenvalue weighted by atomic mass is 127. The number of carbonyl (C=O) groups is 1. The van der Waals surface area contributed by atoms with Crippen LogP contribution in [-0.2, 0) is 26.8 Å². The summed E-state index contributed by atoms with van der Waals surface area (Å²) in [6, 6.07) is 0. The van der Waals surface area contributed by atoms with Crippen molar-refractivity contribution in [3.63, 3.8) is 0 Å². The van der Waals surface area contributed by atoms with Gasteiger partial charge in [0.1, 0.15) is 35.2 Å². The smallest absolute Gasteiger partial charge is 0.309 e. The van der Waals surface area contributed by atoms with E-state index in [4.69, 9.17) is 27.4 Å². The fourth-order valence-corrected chi connectivity index (χ4v) is 7.99. The van der Waals surface area contributed by atoms with Gasteiger partial charge in [-0.05, 0) is 64.7 Å². The van der Waals surface area contributed by atoms with Crippen LogP contribution in [0.2, 0.25) is 0 Å². The molecule has 2 heterocycles. The SMILES string of the molecule is CC[C@H]1OC(=O)[C@H](C)[C@@H](C2C[C@@](C)(OC)[C@@H](O)[C@H](C)O2)[C@H](C)[C@@H](C)[C@](C)(OCCC(C)OI)C[C@@H](C)C(=N)[C@H](C)[C@@H](O)[C@H]1C. The molecule has 2 aliphatic rings. The van der Waals surface area contributed by atoms with Crippen molar-refractivity contribution in [1.29, 1.82) is 5.41 Å². The molecule has 0 radical (unpaired) electrons. The molecule has 0 aromatic carbocycles. The van der Waals surface area contributed by atoms with E-state index in [1.165, 1.54) is 0 Å². The van der Waals surface area contributed by atoms with E-state index >= 15 is 0 Å². The number of cyclic esters (lactones) is 1. The molecule has 0 spiro atoms. The van der Waals surface area contributed by atoms with Crippen molar-refractivity contribution in [3.8, 4) is 0 Å². The summed E-state index contributed by atoms with van der Waals surface area (Å²) in [5.74, 6) is -2.18. The first kappa shape index (κ1) is 39.8. The van der Waals surface area contributed by atoms with E-state index in [1.54, 1.807) is 7.11 Å². The Bertz CT molecular complexity index is 939. The quantitative estimate of drug-likeness (QED) is 0.193. The maximum atomic E-state index is 14.0. The number of esters is 1. The number of ether oxygens (including phenoxy) is 4. The third kappa shape index (κ3) is 8.95. The van der Waals surface area contributed by atoms with Crippen LogP contribution < -0.4 is 0 Å². The zero-order chi connectivity index (χ0) is 33.7. The number of hydrogen-bond acceptors (Lipinski definition) is 9. The molecule has 10 heteroatoms. The largest absolute Gasteiger partial charge is 0.462 e. The van der Waals surface area contributed by atoms with Gasteiger partial charge >= 0.3 is 5.97 Å². The molecule has 0 aromatic rings. The highest BCUT2D eigenvalue weighted by Gasteiger charge is 2.52. The first-order valence-electron chi connectivity index (χ1n) is 16.7. The second-order valence-corrected chi connectivity index (χ2v) is 15.0. The summed E-state index contributed by atoms with van der Waals surface area (Å²) in [7, 11) is 1.61. The van der Waals surface area contributed by atoms with E-state index in [-0.39, 0.29) is 47.8 Å². The summed E-state index contributed by atoms with van der Waals surface area (Å²) < 4.78 is 30.8. The van der Waals surface area contributed by atoms with Gasteiger partial charge in [-0.2, -0.15) is 0 Å². The molecule has 2 saturated heterocycles. The third-order valence-electron chi connectivity index (χ3n) is 11.4. The van der Waals surface area contributed by atoms with Gasteiger partial charge in [0.05, 0.1) is 41.5 Å². The topological polar surface area (TPSA) is 128 Å². The molecule has 2 aliphatic heterocycles. The third-order valence-corrected chi connectivity index (χ3v) is 12.3. The highest BCUT2D eigenvalue weighted by molar-refractivity contribution is 14.1. The van der Waals surface area contributed by atoms with Gasteiger partial charge in [0.25, 0.3) is 0 Å². The number of aliphatic hydroxyl groups is 2. The molecular weight excluding hydrogens is 677 g/mol. The van der Waals surface area contributed by atoms with Crippen molar-refractivity contribution in [1.82, 2.24) is 0 Å². The fraction of sp³-hybridized carbons (Fsp3) is 0.941. The number of halogens is 1. The van der Waals surface area contributed by atoms with Gasteiger partial charge in [-0.3, -0.25) is 4.79 Å². The van der Waals surface area contributed by atoms with Gasteiger partial charge in [-0.1, -0.05) is 48.5 Å². The molecule has 0 aromatic heterocycles. The molecule has 44 heavy (non-hydrogen) atoms. The minimum Gasteiger partial charge on any atom is -0.462 e. The van der Waals surface area contributed by atoms with Crippen LogP contribution >= 0.6 is 23.0 Å². The molecule has 15 atom stereocenters. The maximum absolute atomic E-state index is 14.0. The van der Waals surface area contributed by atoms with Crippen LogP contribution in [0.3, 0.4) is 0 Å². The van der Waals surface area contributed by atoms with Gasteiger partial charge in [0, 0.05) is 43.6 Å². The van der Waals surface area contributed by atoms with Crippen LogP contribution in [0.15, 0.2) is 0 Å². The second kappa shape index (κ2) is 16.6. The molecular formula is C34H62INO8. The minimum atomic E-state index is -0.840. The number of methoxy groups -OCH3 is 1. The predicted octanol–water partition coefficient (Wildman–Crippen LogP) is 6.39. The van der Waals surface area contributed by atoms with E-state index in [2.05, 4.69) is 20.8 Å². The molecule has 0 amide bonds. The van der Waals surface area contributed by atoms with Gasteiger partial charge in [0.2, 0.25) is 0 Å². The maximum Gasteiger partial charge on any atom is 0.309 e. The van der Waals surface area contributed by atoms with Crippen molar-refractivity contribution < 1.29 is 37.0 Å². The Balaban J connectivity index is 2.67. The van der Waals surface area contributed by atoms with Crippen molar-refractivity contribution in [2.75, 3.05) is 13.7 Å². The van der Waals surface area contributed by atoms with Crippen LogP contribution in [-0.4, -0.2) is 83.4 Å². The lowest BCUT2D eigenvalue weighted by molar-refractivity contribution is -0.236. The Labute approximate surface area is 281 Å². The summed E-state index contributed by atoms with van der Waals surface area (Å²) in [5, 5.41) is 31.5. The molecule has 0 saturated carbocycles. The fourth-order valence-electron chi connectivity index (χ4n) is 7.73. The summed E-state index contributed by atoms with van der Waals surface area (Å²) in [6.45, 7) is 22.4. The first-order valence-corrected chi connectivity index (χ1v) is 17.5. The van der Waals surface area contributed by atoms with Crippen LogP contribution in [0, 0.1) is 46.8 Å². The molecule has 9 nitrogen and oxygen atoms in total. The first-order chi connectivity index (χ1) is 20.4. The number of rotatable bonds is 8. The van der Waals surface area contributed by atoms with Gasteiger partial charge < -0.3 is 37.6 Å². The molecule has 2 unspecified atom stereocenters. The average molecular weight is 740 g/mol. The Morgan fingerprint density at radius 2 is 1.64 bits per heavy atom. The minimum absolute atomic E-state index is 0.0298. The average Bonchev–Trinajstić information content (AvgIpc) is 2.99. The Kier molecular flexibility index (Phi) is 15.1. The highest BCUT2D eigenvalue weighted by Crippen LogP contribution is 2.46. The Morgan fingerprint density at radius 1 is 1.02 bits per heavy atom. The van der Waals surface area contributed by atoms with E-state index in [0.29, 0.717) is 31.6 Å². The molecule has 3 N–H and O–H groups in total. The van der Waals surface area contributed by atoms with E-state index < -0.39 is 47.5 Å². The number of nitrogens with one attached hydrogen (secondary N) is 1. The van der Waals surface area contributed by atoms with Crippen molar-refractivity contribution in [2.24, 2.45) is 41.4 Å². The van der Waals surface area contributed by atoms with E-state index in [0.717, 1.165) is 6.42 Å². The van der Waals surface area contributed by atoms with Crippen LogP contribution in [0.5, 0.6) is 0 Å². The van der Waals surface area contributed by atoms with Crippen LogP contribution in [0.25, 0.3) is 0 Å². The summed E-state index contributed by atoms with van der Waals surface area (Å²) in [4.78, 5) is 14.0. The second-order valence-electron chi connectivity index (χ2n) is 14.5. The van der Waals surface area contributed by atoms with Crippen LogP contribution in [0.1, 0.15) is 102 Å². The Morgan fingerprint density at radius 3 is 2.18 bits per heavy atom. The molecule has 258 valence electrons. The van der Waals surface area contributed by atoms with Crippen molar-refractivity contribution >= 4 is 34.7 Å². The monoisotopic (exact) mass is 739 g/mol. The number of hydrogen-bond donors (Lipinski definition) is 3. The van der Waals surface area contributed by atoms with Crippen molar-refractivity contribution in [3.05, 3.63) is 0 Å². The van der Waals surface area contributed by atoms with Gasteiger partial charge in [0.15, 0.2) is 0 Å². The standard InChI is InChI=1S/C34H62INO8/c1-13-26-21(5)30(37)23(7)29(36)18(2)16-33(10,41-15-14-19(3)44-35)24(8)20(4)28(22(6)32(39)43-26)27-17-34(11,40-12)31(38)25(9)42-27/h18-28,30-31,36-38H,13-17H2,1-12H3/t18-,19?,20-,21+,22-,23+,24-,25+,26-,27?,28+,30+,31+,33-,34-/m1/s1. The van der Waals surface area contributed by atoms with Crippen molar-refractivity contribution in [2.45, 2.75) is 150 Å². The van der Waals surface area contributed by atoms with Crippen LogP contribution in [0.4, 0.5) is 0 Å². The zero-order valence-corrected chi connectivity index (χ0v) is 31.4. The van der Waals surface area contributed by atoms with Gasteiger partial charge in [-0.15, -0.1) is 0 Å². The Hall–Kier alpha value is -0.370. The number of carbonyl (C=O) groups excluding carboxylic acids is 1. The summed E-state index contributed by atoms with van der Waals surface area (Å²) in [5.41, 5.74) is -1.02. The zero-order valence-electron chi connectivity index (χ0n) is 29.3. The van der Waals surface area contributed by atoms with Gasteiger partial charge in [-0.25, -0.2) is 0 Å². The molecule has 0 aliphatic carbocycles. The molecule has 2 fully saturated rings. The lowest BCUT2D eigenvalue weighted by atomic mass is 9.65. The normalized spacial score (nSPS) is 45.8. The van der Waals surface area contributed by atoms with E-state index in [9.17, 15) is 15.0 Å². The lowest BCUT2D eigenvalue weighted by Gasteiger charge is -2.51. The lowest BCUT2D eigenvalue weighted by Crippen LogP contribution is -2.59. The number of aliphatic hydroxyl groups excluding tert-OH is 2.